The molecule has 2 aromatic carbocycles. The molecule has 2 amide bonds. The molecular formula is C20H21BrN2O2. The number of carbonyl (C=O) groups excluding carboxylic acids is 2. The molecule has 0 radical (unpaired) electrons. The molecule has 3 rings (SSSR count). The number of piperidine rings is 1. The first-order valence-corrected chi connectivity index (χ1v) is 9.29. The van der Waals surface area contributed by atoms with E-state index in [0.29, 0.717) is 25.1 Å². The second-order valence-electron chi connectivity index (χ2n) is 6.30. The maximum absolute atomic E-state index is 12.4. The average Bonchev–Trinajstić information content (AvgIpc) is 2.63. The van der Waals surface area contributed by atoms with Gasteiger partial charge in [-0.25, -0.2) is 0 Å². The highest BCUT2D eigenvalue weighted by molar-refractivity contribution is 9.10. The molecule has 0 atom stereocenters. The number of nitrogens with one attached hydrogen (secondary N) is 1. The van der Waals surface area contributed by atoms with Gasteiger partial charge in [0, 0.05) is 29.2 Å². The highest BCUT2D eigenvalue weighted by Gasteiger charge is 2.24. The van der Waals surface area contributed by atoms with E-state index in [1.807, 2.05) is 53.4 Å². The normalized spacial score (nSPS) is 15.0. The van der Waals surface area contributed by atoms with Crippen LogP contribution < -0.4 is 5.32 Å². The van der Waals surface area contributed by atoms with E-state index < -0.39 is 0 Å². The Bertz CT molecular complexity index is 740. The summed E-state index contributed by atoms with van der Waals surface area (Å²) in [6.07, 6.45) is 2.02. The van der Waals surface area contributed by atoms with E-state index in [1.165, 1.54) is 0 Å². The molecule has 1 saturated heterocycles. The summed E-state index contributed by atoms with van der Waals surface area (Å²) in [5, 5.41) is 3.07. The van der Waals surface area contributed by atoms with Gasteiger partial charge in [0.05, 0.1) is 6.42 Å². The van der Waals surface area contributed by atoms with E-state index in [2.05, 4.69) is 21.2 Å². The first-order valence-electron chi connectivity index (χ1n) is 8.50. The molecule has 0 aliphatic carbocycles. The molecule has 5 heteroatoms. The summed E-state index contributed by atoms with van der Waals surface area (Å²) in [7, 11) is 0. The number of hydrogen-bond acceptors (Lipinski definition) is 2. The first-order chi connectivity index (χ1) is 12.1. The highest BCUT2D eigenvalue weighted by atomic mass is 79.9. The van der Waals surface area contributed by atoms with Crippen LogP contribution in [0.5, 0.6) is 0 Å². The maximum atomic E-state index is 12.4. The third kappa shape index (κ3) is 4.92. The lowest BCUT2D eigenvalue weighted by Gasteiger charge is -2.32. The summed E-state index contributed by atoms with van der Waals surface area (Å²) < 4.78 is 0.890. The monoisotopic (exact) mass is 400 g/mol. The van der Waals surface area contributed by atoms with Crippen molar-refractivity contribution < 1.29 is 9.59 Å². The highest BCUT2D eigenvalue weighted by Crippen LogP contribution is 2.15. The fraction of sp³-hybridized carbons (Fsp3) is 0.300. The first kappa shape index (κ1) is 17.7. The van der Waals surface area contributed by atoms with Crippen molar-refractivity contribution in [1.82, 2.24) is 10.2 Å². The zero-order valence-corrected chi connectivity index (χ0v) is 15.5. The van der Waals surface area contributed by atoms with E-state index in [0.717, 1.165) is 22.9 Å². The minimum absolute atomic E-state index is 0.0598. The Morgan fingerprint density at radius 2 is 1.76 bits per heavy atom. The van der Waals surface area contributed by atoms with Gasteiger partial charge < -0.3 is 10.2 Å². The minimum atomic E-state index is -0.0598. The van der Waals surface area contributed by atoms with Crippen molar-refractivity contribution in [3.05, 3.63) is 70.2 Å². The fourth-order valence-electron chi connectivity index (χ4n) is 3.05. The number of rotatable bonds is 4. The van der Waals surface area contributed by atoms with E-state index >= 15 is 0 Å². The lowest BCUT2D eigenvalue weighted by molar-refractivity contribution is -0.131. The molecule has 25 heavy (non-hydrogen) atoms. The summed E-state index contributed by atoms with van der Waals surface area (Å²) in [5.41, 5.74) is 1.69. The number of amides is 2. The van der Waals surface area contributed by atoms with Crippen LogP contribution in [0.1, 0.15) is 28.8 Å². The number of likely N-dealkylation sites (tertiary alicyclic amines) is 1. The summed E-state index contributed by atoms with van der Waals surface area (Å²) in [6, 6.07) is 17.3. The molecule has 1 heterocycles. The third-order valence-corrected chi connectivity index (χ3v) is 4.96. The Balaban J connectivity index is 1.48. The number of benzene rings is 2. The van der Waals surface area contributed by atoms with Crippen molar-refractivity contribution in [3.63, 3.8) is 0 Å². The largest absolute Gasteiger partial charge is 0.349 e. The van der Waals surface area contributed by atoms with Gasteiger partial charge in [-0.3, -0.25) is 9.59 Å². The van der Waals surface area contributed by atoms with E-state index in [4.69, 9.17) is 0 Å². The topological polar surface area (TPSA) is 49.4 Å². The molecule has 0 aromatic heterocycles. The van der Waals surface area contributed by atoms with Gasteiger partial charge in [0.1, 0.15) is 0 Å². The standard InChI is InChI=1S/C20H21BrN2O2/c21-17-8-4-7-16(14-17)20(25)22-18-9-11-23(12-10-18)19(24)13-15-5-2-1-3-6-15/h1-8,14,18H,9-13H2,(H,22,25). The smallest absolute Gasteiger partial charge is 0.251 e. The summed E-state index contributed by atoms with van der Waals surface area (Å²) in [5.74, 6) is 0.0957. The number of nitrogens with zero attached hydrogens (tertiary/aromatic N) is 1. The van der Waals surface area contributed by atoms with Gasteiger partial charge in [0.2, 0.25) is 5.91 Å². The second kappa shape index (κ2) is 8.30. The van der Waals surface area contributed by atoms with Gasteiger partial charge in [0.25, 0.3) is 5.91 Å². The van der Waals surface area contributed by atoms with Crippen molar-refractivity contribution in [2.24, 2.45) is 0 Å². The van der Waals surface area contributed by atoms with E-state index in [-0.39, 0.29) is 17.9 Å². The van der Waals surface area contributed by atoms with Crippen LogP contribution in [0.15, 0.2) is 59.1 Å². The Labute approximate surface area is 156 Å². The predicted octanol–water partition coefficient (Wildman–Crippen LogP) is 3.41. The van der Waals surface area contributed by atoms with Gasteiger partial charge in [-0.1, -0.05) is 52.3 Å². The van der Waals surface area contributed by atoms with Gasteiger partial charge in [0.15, 0.2) is 0 Å². The van der Waals surface area contributed by atoms with Crippen LogP contribution in [0, 0.1) is 0 Å². The van der Waals surface area contributed by atoms with Gasteiger partial charge in [-0.2, -0.15) is 0 Å². The van der Waals surface area contributed by atoms with Crippen molar-refractivity contribution in [1.29, 1.82) is 0 Å². The fourth-order valence-corrected chi connectivity index (χ4v) is 3.45. The van der Waals surface area contributed by atoms with Gasteiger partial charge >= 0.3 is 0 Å². The molecule has 0 bridgehead atoms. The third-order valence-electron chi connectivity index (χ3n) is 4.47. The van der Waals surface area contributed by atoms with Crippen LogP contribution in [0.2, 0.25) is 0 Å². The summed E-state index contributed by atoms with van der Waals surface area (Å²) >= 11 is 3.38. The quantitative estimate of drug-likeness (QED) is 0.854. The van der Waals surface area contributed by atoms with Crippen LogP contribution in [-0.2, 0) is 11.2 Å². The summed E-state index contributed by atoms with van der Waals surface area (Å²) in [6.45, 7) is 1.38. The van der Waals surface area contributed by atoms with Crippen LogP contribution in [0.3, 0.4) is 0 Å². The van der Waals surface area contributed by atoms with Gasteiger partial charge in [-0.15, -0.1) is 0 Å². The van der Waals surface area contributed by atoms with Crippen molar-refractivity contribution >= 4 is 27.7 Å². The van der Waals surface area contributed by atoms with Gasteiger partial charge in [-0.05, 0) is 36.6 Å². The number of carbonyl (C=O) groups is 2. The molecule has 0 unspecified atom stereocenters. The molecule has 1 aliphatic heterocycles. The van der Waals surface area contributed by atoms with E-state index in [1.54, 1.807) is 6.07 Å². The van der Waals surface area contributed by atoms with Crippen molar-refractivity contribution in [2.75, 3.05) is 13.1 Å². The predicted molar refractivity (Wildman–Crippen MR) is 101 cm³/mol. The molecule has 2 aromatic rings. The maximum Gasteiger partial charge on any atom is 0.251 e. The molecule has 1 aliphatic rings. The van der Waals surface area contributed by atoms with Crippen LogP contribution in [0.4, 0.5) is 0 Å². The molecule has 4 nitrogen and oxygen atoms in total. The minimum Gasteiger partial charge on any atom is -0.349 e. The average molecular weight is 401 g/mol. The van der Waals surface area contributed by atoms with E-state index in [9.17, 15) is 9.59 Å². The molecule has 0 spiro atoms. The van der Waals surface area contributed by atoms with Crippen molar-refractivity contribution in [2.45, 2.75) is 25.3 Å². The SMILES string of the molecule is O=C(NC1CCN(C(=O)Cc2ccccc2)CC1)c1cccc(Br)c1. The second-order valence-corrected chi connectivity index (χ2v) is 7.22. The Kier molecular flexibility index (Phi) is 5.87. The molecular weight excluding hydrogens is 380 g/mol. The Morgan fingerprint density at radius 1 is 1.04 bits per heavy atom. The number of halogens is 1. The van der Waals surface area contributed by atoms with Crippen LogP contribution in [-0.4, -0.2) is 35.8 Å². The molecule has 1 fully saturated rings. The number of hydrogen-bond donors (Lipinski definition) is 1. The van der Waals surface area contributed by atoms with Crippen molar-refractivity contribution in [3.8, 4) is 0 Å². The summed E-state index contributed by atoms with van der Waals surface area (Å²) in [4.78, 5) is 26.6. The lowest BCUT2D eigenvalue weighted by Crippen LogP contribution is -2.47. The van der Waals surface area contributed by atoms with Crippen LogP contribution in [0.25, 0.3) is 0 Å². The lowest BCUT2D eigenvalue weighted by atomic mass is 10.0. The zero-order valence-electron chi connectivity index (χ0n) is 14.0. The molecule has 130 valence electrons. The molecule has 1 N–H and O–H groups in total. The Morgan fingerprint density at radius 3 is 2.44 bits per heavy atom. The molecule has 0 saturated carbocycles. The van der Waals surface area contributed by atoms with Crippen LogP contribution >= 0.6 is 15.9 Å². The Hall–Kier alpha value is -2.14. The zero-order chi connectivity index (χ0) is 17.6.